The molecule has 0 bridgehead atoms. The van der Waals surface area contributed by atoms with E-state index in [1.165, 1.54) is 0 Å². The molecular formula is C14H17NO. The van der Waals surface area contributed by atoms with Crippen LogP contribution in [-0.2, 0) is 4.79 Å². The van der Waals surface area contributed by atoms with Crippen LogP contribution in [0.2, 0.25) is 0 Å². The monoisotopic (exact) mass is 215 g/mol. The van der Waals surface area contributed by atoms with Gasteiger partial charge in [0, 0.05) is 12.6 Å². The number of benzene rings is 1. The highest BCUT2D eigenvalue weighted by molar-refractivity contribution is 6.04. The molecule has 0 saturated carbocycles. The van der Waals surface area contributed by atoms with Gasteiger partial charge in [-0.2, -0.15) is 0 Å². The fraction of sp³-hybridized carbons (Fsp3) is 0.214. The summed E-state index contributed by atoms with van der Waals surface area (Å²) in [6.07, 6.45) is 0. The van der Waals surface area contributed by atoms with Gasteiger partial charge in [-0.15, -0.1) is 0 Å². The van der Waals surface area contributed by atoms with Crippen LogP contribution in [0.1, 0.15) is 19.4 Å². The van der Waals surface area contributed by atoms with Gasteiger partial charge < -0.3 is 5.32 Å². The molecule has 0 aliphatic heterocycles. The first-order valence-electron chi connectivity index (χ1n) is 5.22. The first kappa shape index (κ1) is 12.2. The maximum atomic E-state index is 11.6. The predicted molar refractivity (Wildman–Crippen MR) is 67.9 cm³/mol. The lowest BCUT2D eigenvalue weighted by Gasteiger charge is -2.13. The summed E-state index contributed by atoms with van der Waals surface area (Å²) in [6, 6.07) is 9.78. The van der Waals surface area contributed by atoms with Gasteiger partial charge in [-0.1, -0.05) is 36.9 Å². The van der Waals surface area contributed by atoms with E-state index in [1.807, 2.05) is 44.3 Å². The summed E-state index contributed by atoms with van der Waals surface area (Å²) in [6.45, 7) is 7.26. The smallest absolute Gasteiger partial charge is 0.162 e. The molecule has 0 saturated heterocycles. The third-order valence-corrected chi connectivity index (χ3v) is 2.34. The molecule has 0 unspecified atom stereocenters. The molecule has 84 valence electrons. The molecule has 1 rings (SSSR count). The fourth-order valence-corrected chi connectivity index (χ4v) is 1.71. The van der Waals surface area contributed by atoms with Gasteiger partial charge in [-0.05, 0) is 25.0 Å². The average molecular weight is 215 g/mol. The van der Waals surface area contributed by atoms with Crippen molar-refractivity contribution in [3.05, 3.63) is 53.6 Å². The minimum atomic E-state index is 0.0284. The number of nitrogens with one attached hydrogen (secondary N) is 1. The second-order valence-corrected chi connectivity index (χ2v) is 3.70. The predicted octanol–water partition coefficient (Wildman–Crippen LogP) is 2.78. The molecule has 1 N–H and O–H groups in total. The van der Waals surface area contributed by atoms with E-state index in [1.54, 1.807) is 6.92 Å². The molecule has 1 aromatic carbocycles. The average Bonchev–Trinajstić information content (AvgIpc) is 2.25. The maximum Gasteiger partial charge on any atom is 0.162 e. The number of carbonyl (C=O) groups excluding carboxylic acids is 1. The minimum Gasteiger partial charge on any atom is -0.387 e. The van der Waals surface area contributed by atoms with Crippen LogP contribution in [0.25, 0.3) is 5.70 Å². The summed E-state index contributed by atoms with van der Waals surface area (Å²) in [5.74, 6) is 0.0284. The summed E-state index contributed by atoms with van der Waals surface area (Å²) in [4.78, 5) is 11.6. The van der Waals surface area contributed by atoms with Crippen LogP contribution in [0.3, 0.4) is 0 Å². The van der Waals surface area contributed by atoms with E-state index < -0.39 is 0 Å². The van der Waals surface area contributed by atoms with Gasteiger partial charge in [0.1, 0.15) is 0 Å². The highest BCUT2D eigenvalue weighted by Gasteiger charge is 2.12. The van der Waals surface area contributed by atoms with Gasteiger partial charge in [-0.25, -0.2) is 0 Å². The van der Waals surface area contributed by atoms with E-state index in [9.17, 15) is 4.79 Å². The summed E-state index contributed by atoms with van der Waals surface area (Å²) in [7, 11) is 1.81. The third kappa shape index (κ3) is 2.60. The molecule has 0 atom stereocenters. The number of Topliss-reactive ketones (excluding diaryl/α,β-unsaturated/α-hetero) is 1. The molecular weight excluding hydrogens is 198 g/mol. The van der Waals surface area contributed by atoms with Crippen LogP contribution in [0.15, 0.2) is 48.1 Å². The zero-order chi connectivity index (χ0) is 12.1. The van der Waals surface area contributed by atoms with E-state index in [-0.39, 0.29) is 5.78 Å². The van der Waals surface area contributed by atoms with Gasteiger partial charge in [0.15, 0.2) is 5.78 Å². The van der Waals surface area contributed by atoms with Gasteiger partial charge in [-0.3, -0.25) is 4.79 Å². The van der Waals surface area contributed by atoms with Crippen LogP contribution >= 0.6 is 0 Å². The van der Waals surface area contributed by atoms with Crippen LogP contribution in [0, 0.1) is 0 Å². The Bertz CT molecular complexity index is 413. The molecule has 0 aromatic heterocycles. The van der Waals surface area contributed by atoms with Crippen molar-refractivity contribution < 1.29 is 4.79 Å². The van der Waals surface area contributed by atoms with Crippen LogP contribution < -0.4 is 5.32 Å². The van der Waals surface area contributed by atoms with E-state index in [4.69, 9.17) is 0 Å². The van der Waals surface area contributed by atoms with Gasteiger partial charge in [0.25, 0.3) is 0 Å². The van der Waals surface area contributed by atoms with Crippen molar-refractivity contribution in [1.82, 2.24) is 5.32 Å². The number of carbonyl (C=O) groups is 1. The Kier molecular flexibility index (Phi) is 4.06. The van der Waals surface area contributed by atoms with Crippen molar-refractivity contribution in [3.8, 4) is 0 Å². The molecule has 2 nitrogen and oxygen atoms in total. The Hall–Kier alpha value is -1.83. The molecule has 0 fully saturated rings. The van der Waals surface area contributed by atoms with Crippen molar-refractivity contribution in [1.29, 1.82) is 0 Å². The molecule has 0 heterocycles. The zero-order valence-corrected chi connectivity index (χ0v) is 10.0. The molecule has 1 aromatic rings. The number of allylic oxidation sites excluding steroid dienone is 2. The zero-order valence-electron chi connectivity index (χ0n) is 10.0. The topological polar surface area (TPSA) is 29.1 Å². The number of rotatable bonds is 4. The summed E-state index contributed by atoms with van der Waals surface area (Å²) >= 11 is 0. The van der Waals surface area contributed by atoms with Gasteiger partial charge in [0.05, 0.1) is 5.70 Å². The van der Waals surface area contributed by atoms with Crippen LogP contribution in [-0.4, -0.2) is 12.8 Å². The SMILES string of the molecule is C=C(C)/C(C(C)=O)=C(/NC)c1ccccc1. The lowest BCUT2D eigenvalue weighted by molar-refractivity contribution is -0.113. The molecule has 0 spiro atoms. The molecule has 0 aliphatic carbocycles. The Morgan fingerprint density at radius 2 is 1.75 bits per heavy atom. The lowest BCUT2D eigenvalue weighted by Crippen LogP contribution is -2.12. The number of hydrogen-bond donors (Lipinski definition) is 1. The second kappa shape index (κ2) is 5.31. The fourth-order valence-electron chi connectivity index (χ4n) is 1.71. The van der Waals surface area contributed by atoms with Crippen molar-refractivity contribution in [2.24, 2.45) is 0 Å². The second-order valence-electron chi connectivity index (χ2n) is 3.70. The highest BCUT2D eigenvalue weighted by Crippen LogP contribution is 2.20. The number of hydrogen-bond acceptors (Lipinski definition) is 2. The Labute approximate surface area is 96.7 Å². The highest BCUT2D eigenvalue weighted by atomic mass is 16.1. The summed E-state index contributed by atoms with van der Waals surface area (Å²) < 4.78 is 0. The van der Waals surface area contributed by atoms with E-state index >= 15 is 0 Å². The first-order chi connectivity index (χ1) is 7.57. The minimum absolute atomic E-state index is 0.0284. The van der Waals surface area contributed by atoms with Crippen LogP contribution in [0.4, 0.5) is 0 Å². The van der Waals surface area contributed by atoms with E-state index in [0.29, 0.717) is 5.57 Å². The molecule has 0 aliphatic rings. The van der Waals surface area contributed by atoms with Crippen molar-refractivity contribution in [2.45, 2.75) is 13.8 Å². The van der Waals surface area contributed by atoms with Crippen molar-refractivity contribution in [3.63, 3.8) is 0 Å². The molecule has 0 radical (unpaired) electrons. The summed E-state index contributed by atoms with van der Waals surface area (Å²) in [5, 5.41) is 3.08. The standard InChI is InChI=1S/C14H17NO/c1-10(2)13(11(3)16)14(15-4)12-8-6-5-7-9-12/h5-9,15H,1H2,2-4H3/b14-13-. The van der Waals surface area contributed by atoms with E-state index in [2.05, 4.69) is 11.9 Å². The third-order valence-electron chi connectivity index (χ3n) is 2.34. The molecule has 2 heteroatoms. The van der Waals surface area contributed by atoms with Gasteiger partial charge >= 0.3 is 0 Å². The summed E-state index contributed by atoms with van der Waals surface area (Å²) in [5.41, 5.74) is 3.27. The molecule has 0 amide bonds. The quantitative estimate of drug-likeness (QED) is 0.618. The Balaban J connectivity index is 3.38. The Morgan fingerprint density at radius 1 is 1.19 bits per heavy atom. The van der Waals surface area contributed by atoms with Crippen LogP contribution in [0.5, 0.6) is 0 Å². The molecule has 16 heavy (non-hydrogen) atoms. The largest absolute Gasteiger partial charge is 0.387 e. The van der Waals surface area contributed by atoms with Crippen molar-refractivity contribution >= 4 is 11.5 Å². The van der Waals surface area contributed by atoms with E-state index in [0.717, 1.165) is 16.8 Å². The first-order valence-corrected chi connectivity index (χ1v) is 5.22. The number of ketones is 1. The maximum absolute atomic E-state index is 11.6. The normalized spacial score (nSPS) is 11.7. The Morgan fingerprint density at radius 3 is 2.12 bits per heavy atom. The van der Waals surface area contributed by atoms with Gasteiger partial charge in [0.2, 0.25) is 0 Å². The van der Waals surface area contributed by atoms with Crippen molar-refractivity contribution in [2.75, 3.05) is 7.05 Å². The lowest BCUT2D eigenvalue weighted by atomic mass is 9.98.